The summed E-state index contributed by atoms with van der Waals surface area (Å²) in [6.45, 7) is 0. The Bertz CT molecular complexity index is 1030. The highest BCUT2D eigenvalue weighted by Crippen LogP contribution is 2.35. The predicted molar refractivity (Wildman–Crippen MR) is 120 cm³/mol. The quantitative estimate of drug-likeness (QED) is 0.148. The molecule has 1 nitrogen and oxygen atoms in total. The first-order valence-corrected chi connectivity index (χ1v) is 10.5. The van der Waals surface area contributed by atoms with Crippen molar-refractivity contribution in [2.75, 3.05) is 0 Å². The summed E-state index contributed by atoms with van der Waals surface area (Å²) in [6.07, 6.45) is 4.95. The van der Waals surface area contributed by atoms with Gasteiger partial charge in [0.25, 0.3) is 0 Å². The van der Waals surface area contributed by atoms with Crippen LogP contribution in [0.15, 0.2) is 41.4 Å². The fourth-order valence-corrected chi connectivity index (χ4v) is 3.98. The van der Waals surface area contributed by atoms with Gasteiger partial charge in [-0.15, -0.1) is 4.99 Å². The first kappa shape index (κ1) is 20.7. The molecule has 1 saturated carbocycles. The topological polar surface area (TPSA) is 12.4 Å². The molecular weight excluding hydrogens is 487 g/mol. The summed E-state index contributed by atoms with van der Waals surface area (Å²) in [5.41, 5.74) is 1.99. The molecular formula is C23H16F2INS. The summed E-state index contributed by atoms with van der Waals surface area (Å²) < 4.78 is 29.0. The average Bonchev–Trinajstić information content (AvgIpc) is 2.70. The van der Waals surface area contributed by atoms with E-state index in [4.69, 9.17) is 0 Å². The molecule has 0 bridgehead atoms. The van der Waals surface area contributed by atoms with Crippen molar-refractivity contribution in [3.8, 4) is 23.8 Å². The lowest BCUT2D eigenvalue weighted by Gasteiger charge is -2.25. The molecule has 28 heavy (non-hydrogen) atoms. The maximum atomic E-state index is 14.2. The van der Waals surface area contributed by atoms with Crippen molar-refractivity contribution in [2.24, 2.45) is 4.99 Å². The van der Waals surface area contributed by atoms with E-state index in [0.29, 0.717) is 5.92 Å². The fraction of sp³-hybridized carbons (Fsp3) is 0.261. The molecule has 0 N–H and O–H groups in total. The number of nitrogens with zero attached hydrogens (tertiary/aromatic N) is 1. The Kier molecular flexibility index (Phi) is 7.34. The van der Waals surface area contributed by atoms with Crippen LogP contribution in [0, 0.1) is 35.4 Å². The standard InChI is InChI=1S/C23H16F2INS/c24-22-14-20(11-12-27-15-28)23(25)13-19(22)6-3-16-1-4-17(5-2-16)18-7-9-21(26)10-8-18/h1-2,4-5,13-14,18,21H,7-10H2. The summed E-state index contributed by atoms with van der Waals surface area (Å²) in [5, 5.41) is 2.04. The van der Waals surface area contributed by atoms with Gasteiger partial charge < -0.3 is 0 Å². The molecule has 3 rings (SSSR count). The van der Waals surface area contributed by atoms with E-state index in [1.165, 1.54) is 31.2 Å². The van der Waals surface area contributed by atoms with Gasteiger partial charge in [0.1, 0.15) is 11.6 Å². The summed E-state index contributed by atoms with van der Waals surface area (Å²) in [6, 6.07) is 12.4. The summed E-state index contributed by atoms with van der Waals surface area (Å²) in [7, 11) is 0. The van der Waals surface area contributed by atoms with Crippen molar-refractivity contribution in [2.45, 2.75) is 35.5 Å². The van der Waals surface area contributed by atoms with Crippen molar-refractivity contribution in [3.05, 3.63) is 70.3 Å². The van der Waals surface area contributed by atoms with Crippen LogP contribution in [0.4, 0.5) is 8.78 Å². The largest absolute Gasteiger partial charge is 0.206 e. The predicted octanol–water partition coefficient (Wildman–Crippen LogP) is 6.24. The Morgan fingerprint density at radius 1 is 0.893 bits per heavy atom. The van der Waals surface area contributed by atoms with Gasteiger partial charge in [-0.3, -0.25) is 0 Å². The fourth-order valence-electron chi connectivity index (χ4n) is 3.21. The third kappa shape index (κ3) is 5.49. The third-order valence-electron chi connectivity index (χ3n) is 4.73. The number of hydrogen-bond acceptors (Lipinski definition) is 2. The zero-order valence-corrected chi connectivity index (χ0v) is 17.9. The molecule has 0 spiro atoms. The maximum absolute atomic E-state index is 14.2. The highest BCUT2D eigenvalue weighted by Gasteiger charge is 2.20. The SMILES string of the molecule is Fc1cc(C#Cc2ccc(C3CCC(I)CC3)cc2)c(F)cc1C#CN=C=S. The molecule has 2 aromatic carbocycles. The average molecular weight is 503 g/mol. The van der Waals surface area contributed by atoms with Crippen LogP contribution < -0.4 is 0 Å². The second kappa shape index (κ2) is 9.94. The lowest BCUT2D eigenvalue weighted by Crippen LogP contribution is -2.12. The Morgan fingerprint density at radius 3 is 2.11 bits per heavy atom. The highest BCUT2D eigenvalue weighted by molar-refractivity contribution is 14.1. The molecule has 0 aliphatic heterocycles. The van der Waals surface area contributed by atoms with Gasteiger partial charge >= 0.3 is 0 Å². The van der Waals surface area contributed by atoms with Gasteiger partial charge in [-0.25, -0.2) is 8.78 Å². The van der Waals surface area contributed by atoms with Gasteiger partial charge in [0.15, 0.2) is 0 Å². The van der Waals surface area contributed by atoms with E-state index >= 15 is 0 Å². The van der Waals surface area contributed by atoms with E-state index in [1.807, 2.05) is 17.3 Å². The van der Waals surface area contributed by atoms with Crippen LogP contribution in [0.5, 0.6) is 0 Å². The monoisotopic (exact) mass is 503 g/mol. The van der Waals surface area contributed by atoms with Crippen molar-refractivity contribution in [3.63, 3.8) is 0 Å². The first-order chi connectivity index (χ1) is 13.6. The van der Waals surface area contributed by atoms with Crippen molar-refractivity contribution >= 4 is 40.0 Å². The molecule has 140 valence electrons. The Labute approximate surface area is 182 Å². The second-order valence-electron chi connectivity index (χ2n) is 6.57. The Balaban J connectivity index is 1.75. The van der Waals surface area contributed by atoms with E-state index in [9.17, 15) is 8.78 Å². The lowest BCUT2D eigenvalue weighted by atomic mass is 9.84. The van der Waals surface area contributed by atoms with E-state index in [-0.39, 0.29) is 11.1 Å². The maximum Gasteiger partial charge on any atom is 0.140 e. The number of hydrogen-bond donors (Lipinski definition) is 0. The van der Waals surface area contributed by atoms with E-state index in [2.05, 4.69) is 75.7 Å². The van der Waals surface area contributed by atoms with Gasteiger partial charge in [-0.1, -0.05) is 46.6 Å². The molecule has 1 aliphatic carbocycles. The number of aliphatic imine (C=N–C) groups is 1. The van der Waals surface area contributed by atoms with Crippen LogP contribution in [0.25, 0.3) is 0 Å². The van der Waals surface area contributed by atoms with E-state index < -0.39 is 11.6 Å². The Morgan fingerprint density at radius 2 is 1.50 bits per heavy atom. The molecule has 0 saturated heterocycles. The summed E-state index contributed by atoms with van der Waals surface area (Å²) in [5.74, 6) is 7.32. The van der Waals surface area contributed by atoms with Gasteiger partial charge in [0, 0.05) is 9.49 Å². The van der Waals surface area contributed by atoms with Gasteiger partial charge in [-0.05, 0) is 79.6 Å². The number of halogens is 3. The lowest BCUT2D eigenvalue weighted by molar-refractivity contribution is 0.462. The number of thiocarbonyl (C=S) groups is 1. The molecule has 5 heteroatoms. The molecule has 2 aromatic rings. The third-order valence-corrected chi connectivity index (χ3v) is 6.07. The minimum atomic E-state index is -0.654. The number of benzene rings is 2. The molecule has 0 unspecified atom stereocenters. The van der Waals surface area contributed by atoms with Crippen LogP contribution in [-0.2, 0) is 0 Å². The zero-order valence-electron chi connectivity index (χ0n) is 14.9. The Hall–Kier alpha value is -2.05. The smallest absolute Gasteiger partial charge is 0.140 e. The normalized spacial score (nSPS) is 18.1. The second-order valence-corrected chi connectivity index (χ2v) is 8.52. The van der Waals surface area contributed by atoms with E-state index in [1.54, 1.807) is 0 Å². The molecule has 0 heterocycles. The number of isothiocyanates is 1. The van der Waals surface area contributed by atoms with Crippen molar-refractivity contribution in [1.82, 2.24) is 0 Å². The molecule has 0 amide bonds. The van der Waals surface area contributed by atoms with Gasteiger partial charge in [-0.2, -0.15) is 0 Å². The van der Waals surface area contributed by atoms with Crippen LogP contribution in [0.1, 0.15) is 53.9 Å². The zero-order chi connectivity index (χ0) is 19.9. The molecule has 0 atom stereocenters. The minimum absolute atomic E-state index is 0.00849. The molecule has 0 radical (unpaired) electrons. The van der Waals surface area contributed by atoms with Crippen LogP contribution in [0.3, 0.4) is 0 Å². The van der Waals surface area contributed by atoms with Crippen LogP contribution >= 0.6 is 34.8 Å². The van der Waals surface area contributed by atoms with Crippen LogP contribution in [-0.4, -0.2) is 9.09 Å². The molecule has 1 fully saturated rings. The van der Waals surface area contributed by atoms with Crippen molar-refractivity contribution < 1.29 is 8.78 Å². The summed E-state index contributed by atoms with van der Waals surface area (Å²) in [4.78, 5) is 3.37. The van der Waals surface area contributed by atoms with E-state index in [0.717, 1.165) is 21.6 Å². The van der Waals surface area contributed by atoms with Gasteiger partial charge in [0.2, 0.25) is 0 Å². The summed E-state index contributed by atoms with van der Waals surface area (Å²) >= 11 is 6.90. The highest BCUT2D eigenvalue weighted by atomic mass is 127. The molecule has 1 aliphatic rings. The first-order valence-electron chi connectivity index (χ1n) is 8.90. The minimum Gasteiger partial charge on any atom is -0.206 e. The number of alkyl halides is 1. The molecule has 0 aromatic heterocycles. The van der Waals surface area contributed by atoms with Crippen molar-refractivity contribution in [1.29, 1.82) is 0 Å². The van der Waals surface area contributed by atoms with Gasteiger partial charge in [0.05, 0.1) is 22.3 Å². The number of rotatable bonds is 1. The van der Waals surface area contributed by atoms with Crippen LogP contribution in [0.2, 0.25) is 0 Å².